The van der Waals surface area contributed by atoms with Crippen LogP contribution >= 0.6 is 0 Å². The number of hydrogen-bond acceptors (Lipinski definition) is 5. The van der Waals surface area contributed by atoms with Crippen LogP contribution in [0, 0.1) is 24.0 Å². The molecule has 0 heterocycles. The topological polar surface area (TPSA) is 93.8 Å². The minimum absolute atomic E-state index is 0.0431. The molecule has 158 valence electrons. The van der Waals surface area contributed by atoms with Gasteiger partial charge in [0, 0.05) is 12.1 Å². The van der Waals surface area contributed by atoms with Crippen molar-refractivity contribution in [3.63, 3.8) is 0 Å². The minimum Gasteiger partial charge on any atom is -0.489 e. The van der Waals surface area contributed by atoms with E-state index in [1.807, 2.05) is 50.2 Å². The molecule has 0 saturated carbocycles. The Morgan fingerprint density at radius 1 is 1.10 bits per heavy atom. The zero-order chi connectivity index (χ0) is 22.2. The Hall–Kier alpha value is -4.00. The van der Waals surface area contributed by atoms with Gasteiger partial charge in [0.2, 0.25) is 5.91 Å². The molecule has 0 aliphatic carbocycles. The molecule has 1 N–H and O–H groups in total. The van der Waals surface area contributed by atoms with Gasteiger partial charge in [-0.3, -0.25) is 14.9 Å². The molecular formula is C24H23N3O4. The third-order valence-electron chi connectivity index (χ3n) is 4.66. The van der Waals surface area contributed by atoms with Crippen molar-refractivity contribution in [2.24, 2.45) is 5.10 Å². The number of carbonyl (C=O) groups is 1. The van der Waals surface area contributed by atoms with E-state index in [4.69, 9.17) is 4.74 Å². The first-order valence-corrected chi connectivity index (χ1v) is 9.75. The van der Waals surface area contributed by atoms with Crippen LogP contribution in [0.15, 0.2) is 71.8 Å². The number of non-ortho nitro benzene ring substituents is 1. The van der Waals surface area contributed by atoms with Crippen molar-refractivity contribution in [2.75, 3.05) is 0 Å². The van der Waals surface area contributed by atoms with Crippen LogP contribution in [-0.2, 0) is 17.8 Å². The van der Waals surface area contributed by atoms with Gasteiger partial charge in [0.05, 0.1) is 17.6 Å². The maximum atomic E-state index is 12.1. The van der Waals surface area contributed by atoms with Crippen LogP contribution in [0.2, 0.25) is 0 Å². The van der Waals surface area contributed by atoms with Crippen molar-refractivity contribution in [1.82, 2.24) is 5.43 Å². The van der Waals surface area contributed by atoms with E-state index in [0.717, 1.165) is 27.8 Å². The maximum Gasteiger partial charge on any atom is 0.269 e. The highest BCUT2D eigenvalue weighted by molar-refractivity contribution is 5.83. The highest BCUT2D eigenvalue weighted by Crippen LogP contribution is 2.16. The molecule has 0 spiro atoms. The maximum absolute atomic E-state index is 12.1. The number of nitrogens with zero attached hydrogens (tertiary/aromatic N) is 2. The second-order valence-corrected chi connectivity index (χ2v) is 7.18. The molecule has 1 amide bonds. The molecule has 3 rings (SSSR count). The van der Waals surface area contributed by atoms with Crippen molar-refractivity contribution in [3.05, 3.63) is 105 Å². The van der Waals surface area contributed by atoms with E-state index in [2.05, 4.69) is 10.5 Å². The second kappa shape index (κ2) is 10.2. The number of nitro groups is 1. The highest BCUT2D eigenvalue weighted by atomic mass is 16.6. The van der Waals surface area contributed by atoms with Crippen molar-refractivity contribution in [1.29, 1.82) is 0 Å². The van der Waals surface area contributed by atoms with Gasteiger partial charge in [-0.25, -0.2) is 5.43 Å². The number of carbonyl (C=O) groups excluding carboxylic acids is 1. The number of amides is 1. The Labute approximate surface area is 180 Å². The Kier molecular flexibility index (Phi) is 7.11. The molecule has 7 nitrogen and oxygen atoms in total. The van der Waals surface area contributed by atoms with Crippen molar-refractivity contribution >= 4 is 17.8 Å². The van der Waals surface area contributed by atoms with E-state index >= 15 is 0 Å². The van der Waals surface area contributed by atoms with Crippen LogP contribution in [0.4, 0.5) is 5.69 Å². The van der Waals surface area contributed by atoms with Gasteiger partial charge in [0.15, 0.2) is 0 Å². The quantitative estimate of drug-likeness (QED) is 0.332. The van der Waals surface area contributed by atoms with Crippen molar-refractivity contribution < 1.29 is 14.5 Å². The van der Waals surface area contributed by atoms with Gasteiger partial charge < -0.3 is 4.74 Å². The van der Waals surface area contributed by atoms with Gasteiger partial charge >= 0.3 is 0 Å². The molecule has 31 heavy (non-hydrogen) atoms. The average molecular weight is 417 g/mol. The smallest absolute Gasteiger partial charge is 0.269 e. The number of rotatable bonds is 8. The van der Waals surface area contributed by atoms with Gasteiger partial charge in [-0.05, 0) is 60.4 Å². The van der Waals surface area contributed by atoms with Crippen LogP contribution < -0.4 is 10.2 Å². The van der Waals surface area contributed by atoms with Crippen molar-refractivity contribution in [2.45, 2.75) is 26.9 Å². The van der Waals surface area contributed by atoms with Crippen LogP contribution in [0.1, 0.15) is 27.8 Å². The first kappa shape index (κ1) is 21.7. The average Bonchev–Trinajstić information content (AvgIpc) is 2.75. The predicted octanol–water partition coefficient (Wildman–Crippen LogP) is 4.48. The summed E-state index contributed by atoms with van der Waals surface area (Å²) in [5, 5.41) is 14.7. The SMILES string of the molecule is Cc1ccc(CC(=O)N/N=C\c2cccc(OCc3ccc([N+](=O)[O-])cc3)c2)c(C)c1. The van der Waals surface area contributed by atoms with Crippen LogP contribution in [-0.4, -0.2) is 17.0 Å². The van der Waals surface area contributed by atoms with E-state index in [0.29, 0.717) is 5.75 Å². The summed E-state index contributed by atoms with van der Waals surface area (Å²) in [5.41, 5.74) is 7.40. The number of hydrazone groups is 1. The number of ether oxygens (including phenoxy) is 1. The van der Waals surface area contributed by atoms with Crippen LogP contribution in [0.5, 0.6) is 5.75 Å². The fourth-order valence-electron chi connectivity index (χ4n) is 3.00. The molecule has 0 radical (unpaired) electrons. The Morgan fingerprint density at radius 3 is 2.58 bits per heavy atom. The van der Waals surface area contributed by atoms with Gasteiger partial charge in [-0.1, -0.05) is 35.9 Å². The van der Waals surface area contributed by atoms with Crippen LogP contribution in [0.3, 0.4) is 0 Å². The minimum atomic E-state index is -0.436. The number of benzene rings is 3. The second-order valence-electron chi connectivity index (χ2n) is 7.18. The molecule has 0 unspecified atom stereocenters. The summed E-state index contributed by atoms with van der Waals surface area (Å²) in [5.74, 6) is 0.442. The molecule has 0 aromatic heterocycles. The van der Waals surface area contributed by atoms with Crippen LogP contribution in [0.25, 0.3) is 0 Å². The standard InChI is InChI=1S/C24H23N3O4/c1-17-6-9-21(18(2)12-17)14-24(28)26-25-15-20-4-3-5-23(13-20)31-16-19-7-10-22(11-8-19)27(29)30/h3-13,15H,14,16H2,1-2H3,(H,26,28)/b25-15-. The lowest BCUT2D eigenvalue weighted by molar-refractivity contribution is -0.384. The molecule has 0 aliphatic rings. The predicted molar refractivity (Wildman–Crippen MR) is 119 cm³/mol. The summed E-state index contributed by atoms with van der Waals surface area (Å²) in [6.07, 6.45) is 1.82. The van der Waals surface area contributed by atoms with Gasteiger partial charge in [-0.2, -0.15) is 5.10 Å². The molecule has 3 aromatic carbocycles. The van der Waals surface area contributed by atoms with Gasteiger partial charge in [-0.15, -0.1) is 0 Å². The highest BCUT2D eigenvalue weighted by Gasteiger charge is 2.06. The normalized spacial score (nSPS) is 10.8. The number of nitrogens with one attached hydrogen (secondary N) is 1. The lowest BCUT2D eigenvalue weighted by Crippen LogP contribution is -2.20. The summed E-state index contributed by atoms with van der Waals surface area (Å²) in [6, 6.07) is 19.5. The fraction of sp³-hybridized carbons (Fsp3) is 0.167. The summed E-state index contributed by atoms with van der Waals surface area (Å²) in [7, 11) is 0. The molecule has 0 fully saturated rings. The number of aryl methyl sites for hydroxylation is 2. The van der Waals surface area contributed by atoms with Gasteiger partial charge in [0.1, 0.15) is 12.4 Å². The molecular weight excluding hydrogens is 394 g/mol. The summed E-state index contributed by atoms with van der Waals surface area (Å²) in [4.78, 5) is 22.4. The zero-order valence-electron chi connectivity index (χ0n) is 17.4. The first-order chi connectivity index (χ1) is 14.9. The third kappa shape index (κ3) is 6.50. The summed E-state index contributed by atoms with van der Waals surface area (Å²) >= 11 is 0. The lowest BCUT2D eigenvalue weighted by Gasteiger charge is -2.07. The largest absolute Gasteiger partial charge is 0.489 e. The van der Waals surface area contributed by atoms with E-state index in [-0.39, 0.29) is 24.6 Å². The number of nitro benzene ring substituents is 1. The summed E-state index contributed by atoms with van der Waals surface area (Å²) < 4.78 is 5.74. The third-order valence-corrected chi connectivity index (χ3v) is 4.66. The molecule has 0 atom stereocenters. The van der Waals surface area contributed by atoms with Crippen molar-refractivity contribution in [3.8, 4) is 5.75 Å². The van der Waals surface area contributed by atoms with E-state index < -0.39 is 4.92 Å². The Morgan fingerprint density at radius 2 is 1.87 bits per heavy atom. The number of hydrogen-bond donors (Lipinski definition) is 1. The zero-order valence-corrected chi connectivity index (χ0v) is 17.4. The molecule has 0 bridgehead atoms. The fourth-order valence-corrected chi connectivity index (χ4v) is 3.00. The monoisotopic (exact) mass is 417 g/mol. The first-order valence-electron chi connectivity index (χ1n) is 9.75. The Bertz CT molecular complexity index is 1110. The molecule has 7 heteroatoms. The van der Waals surface area contributed by atoms with E-state index in [1.165, 1.54) is 12.1 Å². The molecule has 3 aromatic rings. The lowest BCUT2D eigenvalue weighted by atomic mass is 10.0. The van der Waals surface area contributed by atoms with E-state index in [9.17, 15) is 14.9 Å². The molecule has 0 aliphatic heterocycles. The van der Waals surface area contributed by atoms with Gasteiger partial charge in [0.25, 0.3) is 5.69 Å². The summed E-state index contributed by atoms with van der Waals surface area (Å²) in [6.45, 7) is 4.29. The van der Waals surface area contributed by atoms with E-state index in [1.54, 1.807) is 24.4 Å². The molecule has 0 saturated heterocycles. The Balaban J connectivity index is 1.52.